The van der Waals surface area contributed by atoms with E-state index in [1.165, 1.54) is 36.4 Å². The standard InChI is InChI=1S/C27H22Cl2FNO4/c1-3-12-35-22-11-8-16(13-15(22)2)25(32)23-24(18-6-4-5-7-21(18)30)31(27(34)26(23)33)17-9-10-19(28)20(29)14-17/h4-11,13-14,24,32H,3,12H2,1-2H3/b25-23+. The van der Waals surface area contributed by atoms with Crippen molar-refractivity contribution in [1.82, 2.24) is 0 Å². The Morgan fingerprint density at radius 3 is 2.46 bits per heavy atom. The van der Waals surface area contributed by atoms with Gasteiger partial charge in [-0.05, 0) is 61.4 Å². The van der Waals surface area contributed by atoms with Crippen molar-refractivity contribution < 1.29 is 23.8 Å². The fourth-order valence-corrected chi connectivity index (χ4v) is 4.34. The molecule has 1 atom stereocenters. The Hall–Kier alpha value is -3.35. The van der Waals surface area contributed by atoms with E-state index in [2.05, 4.69) is 0 Å². The van der Waals surface area contributed by atoms with Crippen molar-refractivity contribution in [2.24, 2.45) is 0 Å². The second-order valence-electron chi connectivity index (χ2n) is 8.12. The lowest BCUT2D eigenvalue weighted by Crippen LogP contribution is -2.29. The Labute approximate surface area is 212 Å². The summed E-state index contributed by atoms with van der Waals surface area (Å²) >= 11 is 12.2. The van der Waals surface area contributed by atoms with Crippen molar-refractivity contribution in [3.8, 4) is 5.75 Å². The van der Waals surface area contributed by atoms with E-state index in [1.54, 1.807) is 24.3 Å². The monoisotopic (exact) mass is 513 g/mol. The number of Topliss-reactive ketones (excluding diaryl/α,β-unsaturated/α-hetero) is 1. The highest BCUT2D eigenvalue weighted by atomic mass is 35.5. The molecule has 180 valence electrons. The fraction of sp³-hybridized carbons (Fsp3) is 0.185. The van der Waals surface area contributed by atoms with Crippen LogP contribution in [0.5, 0.6) is 5.75 Å². The molecule has 1 N–H and O–H groups in total. The van der Waals surface area contributed by atoms with Crippen molar-refractivity contribution in [3.05, 3.63) is 98.8 Å². The molecule has 35 heavy (non-hydrogen) atoms. The number of hydrogen-bond acceptors (Lipinski definition) is 4. The molecule has 0 aromatic heterocycles. The third kappa shape index (κ3) is 4.64. The van der Waals surface area contributed by atoms with Gasteiger partial charge in [-0.1, -0.05) is 48.3 Å². The number of benzene rings is 3. The normalized spacial score (nSPS) is 17.2. The van der Waals surface area contributed by atoms with Gasteiger partial charge in [-0.2, -0.15) is 0 Å². The molecule has 1 aliphatic heterocycles. The van der Waals surface area contributed by atoms with E-state index in [0.717, 1.165) is 16.9 Å². The summed E-state index contributed by atoms with van der Waals surface area (Å²) in [6.07, 6.45) is 0.835. The summed E-state index contributed by atoms with van der Waals surface area (Å²) in [7, 11) is 0. The van der Waals surface area contributed by atoms with Crippen LogP contribution in [0.4, 0.5) is 10.1 Å². The van der Waals surface area contributed by atoms with Crippen LogP contribution < -0.4 is 9.64 Å². The zero-order valence-electron chi connectivity index (χ0n) is 19.0. The summed E-state index contributed by atoms with van der Waals surface area (Å²) in [6.45, 7) is 4.34. The van der Waals surface area contributed by atoms with E-state index in [0.29, 0.717) is 17.9 Å². The number of amides is 1. The first kappa shape index (κ1) is 24.8. The number of halogens is 3. The fourth-order valence-electron chi connectivity index (χ4n) is 4.05. The number of carbonyl (C=O) groups excluding carboxylic acids is 2. The van der Waals surface area contributed by atoms with E-state index in [4.69, 9.17) is 27.9 Å². The first-order valence-corrected chi connectivity index (χ1v) is 11.7. The van der Waals surface area contributed by atoms with Crippen LogP contribution in [0.1, 0.15) is 36.1 Å². The Bertz CT molecular complexity index is 1350. The molecule has 1 saturated heterocycles. The average Bonchev–Trinajstić information content (AvgIpc) is 3.10. The quantitative estimate of drug-likeness (QED) is 0.222. The molecule has 0 aliphatic carbocycles. The first-order chi connectivity index (χ1) is 16.7. The van der Waals surface area contributed by atoms with Gasteiger partial charge in [0.15, 0.2) is 0 Å². The van der Waals surface area contributed by atoms with E-state index < -0.39 is 29.3 Å². The molecule has 3 aromatic rings. The number of hydrogen-bond donors (Lipinski definition) is 1. The zero-order chi connectivity index (χ0) is 25.3. The molecule has 1 heterocycles. The first-order valence-electron chi connectivity index (χ1n) is 11.0. The maximum atomic E-state index is 15.0. The number of aryl methyl sites for hydroxylation is 1. The smallest absolute Gasteiger partial charge is 0.300 e. The molecule has 0 bridgehead atoms. The Kier molecular flexibility index (Phi) is 7.15. The third-order valence-corrected chi connectivity index (χ3v) is 6.47. The summed E-state index contributed by atoms with van der Waals surface area (Å²) in [5.41, 5.74) is 1.11. The van der Waals surface area contributed by atoms with E-state index in [9.17, 15) is 19.1 Å². The van der Waals surface area contributed by atoms with Crippen molar-refractivity contribution in [2.75, 3.05) is 11.5 Å². The van der Waals surface area contributed by atoms with Crippen LogP contribution >= 0.6 is 23.2 Å². The lowest BCUT2D eigenvalue weighted by Gasteiger charge is -2.26. The predicted octanol–water partition coefficient (Wildman–Crippen LogP) is 6.86. The van der Waals surface area contributed by atoms with E-state index in [1.807, 2.05) is 13.8 Å². The zero-order valence-corrected chi connectivity index (χ0v) is 20.5. The molecular weight excluding hydrogens is 492 g/mol. The molecule has 1 amide bonds. The van der Waals surface area contributed by atoms with Gasteiger partial charge in [-0.3, -0.25) is 14.5 Å². The molecule has 3 aromatic carbocycles. The Morgan fingerprint density at radius 2 is 1.80 bits per heavy atom. The summed E-state index contributed by atoms with van der Waals surface area (Å²) in [4.78, 5) is 27.5. The summed E-state index contributed by atoms with van der Waals surface area (Å²) in [6, 6.07) is 13.9. The second kappa shape index (κ2) is 10.1. The molecule has 1 unspecified atom stereocenters. The van der Waals surface area contributed by atoms with Gasteiger partial charge < -0.3 is 9.84 Å². The Morgan fingerprint density at radius 1 is 1.06 bits per heavy atom. The van der Waals surface area contributed by atoms with Gasteiger partial charge in [0.2, 0.25) is 0 Å². The predicted molar refractivity (Wildman–Crippen MR) is 135 cm³/mol. The number of ketones is 1. The highest BCUT2D eigenvalue weighted by molar-refractivity contribution is 6.52. The molecule has 5 nitrogen and oxygen atoms in total. The van der Waals surface area contributed by atoms with Crippen LogP contribution in [0.25, 0.3) is 5.76 Å². The molecule has 0 radical (unpaired) electrons. The van der Waals surface area contributed by atoms with E-state index in [-0.39, 0.29) is 26.9 Å². The number of nitrogens with zero attached hydrogens (tertiary/aromatic N) is 1. The van der Waals surface area contributed by atoms with Crippen molar-refractivity contribution >= 4 is 46.3 Å². The molecule has 1 fully saturated rings. The lowest BCUT2D eigenvalue weighted by molar-refractivity contribution is -0.132. The lowest BCUT2D eigenvalue weighted by atomic mass is 9.94. The maximum Gasteiger partial charge on any atom is 0.300 e. The minimum atomic E-state index is -1.22. The van der Waals surface area contributed by atoms with Crippen LogP contribution in [0.2, 0.25) is 10.0 Å². The summed E-state index contributed by atoms with van der Waals surface area (Å²) in [5.74, 6) is -2.26. The number of aliphatic hydroxyl groups excluding tert-OH is 1. The minimum absolute atomic E-state index is 0.0546. The summed E-state index contributed by atoms with van der Waals surface area (Å²) in [5, 5.41) is 11.7. The van der Waals surface area contributed by atoms with Crippen LogP contribution in [-0.2, 0) is 9.59 Å². The SMILES string of the molecule is CCCOc1ccc(/C(O)=C2\C(=O)C(=O)N(c3ccc(Cl)c(Cl)c3)C2c2ccccc2F)cc1C. The van der Waals surface area contributed by atoms with Gasteiger partial charge in [0.25, 0.3) is 11.7 Å². The number of aliphatic hydroxyl groups is 1. The highest BCUT2D eigenvalue weighted by Crippen LogP contribution is 2.44. The van der Waals surface area contributed by atoms with Crippen LogP contribution in [0.15, 0.2) is 66.2 Å². The minimum Gasteiger partial charge on any atom is -0.507 e. The van der Waals surface area contributed by atoms with Gasteiger partial charge in [0.1, 0.15) is 17.3 Å². The largest absolute Gasteiger partial charge is 0.507 e. The summed E-state index contributed by atoms with van der Waals surface area (Å²) < 4.78 is 20.7. The molecule has 1 aliphatic rings. The van der Waals surface area contributed by atoms with Gasteiger partial charge in [-0.15, -0.1) is 0 Å². The number of anilines is 1. The third-order valence-electron chi connectivity index (χ3n) is 5.74. The van der Waals surface area contributed by atoms with E-state index >= 15 is 0 Å². The van der Waals surface area contributed by atoms with Crippen molar-refractivity contribution in [3.63, 3.8) is 0 Å². The van der Waals surface area contributed by atoms with Crippen LogP contribution in [0, 0.1) is 12.7 Å². The topological polar surface area (TPSA) is 66.8 Å². The maximum absolute atomic E-state index is 15.0. The van der Waals surface area contributed by atoms with Crippen molar-refractivity contribution in [2.45, 2.75) is 26.3 Å². The van der Waals surface area contributed by atoms with Crippen LogP contribution in [-0.4, -0.2) is 23.4 Å². The number of ether oxygens (including phenoxy) is 1. The number of rotatable bonds is 6. The Balaban J connectivity index is 1.91. The molecular formula is C27H22Cl2FNO4. The van der Waals surface area contributed by atoms with Crippen LogP contribution in [0.3, 0.4) is 0 Å². The van der Waals surface area contributed by atoms with Gasteiger partial charge in [0, 0.05) is 16.8 Å². The van der Waals surface area contributed by atoms with Crippen molar-refractivity contribution in [1.29, 1.82) is 0 Å². The molecule has 8 heteroatoms. The molecule has 4 rings (SSSR count). The highest BCUT2D eigenvalue weighted by Gasteiger charge is 2.48. The number of carbonyl (C=O) groups is 2. The van der Waals surface area contributed by atoms with Gasteiger partial charge >= 0.3 is 0 Å². The second-order valence-corrected chi connectivity index (χ2v) is 8.93. The molecule has 0 spiro atoms. The van der Waals surface area contributed by atoms with Gasteiger partial charge in [-0.25, -0.2) is 4.39 Å². The average molecular weight is 514 g/mol. The molecule has 0 saturated carbocycles. The van der Waals surface area contributed by atoms with Gasteiger partial charge in [0.05, 0.1) is 28.3 Å².